The second-order valence-corrected chi connectivity index (χ2v) is 5.18. The fourth-order valence-corrected chi connectivity index (χ4v) is 2.01. The number of aryl methyl sites for hydroxylation is 1. The van der Waals surface area contributed by atoms with Crippen LogP contribution in [0.1, 0.15) is 12.0 Å². The van der Waals surface area contributed by atoms with Crippen molar-refractivity contribution in [1.29, 1.82) is 0 Å². The Bertz CT molecular complexity index is 417. The second kappa shape index (κ2) is 5.23. The predicted molar refractivity (Wildman–Crippen MR) is 57.0 cm³/mol. The van der Waals surface area contributed by atoms with E-state index < -0.39 is 15.8 Å². The third kappa shape index (κ3) is 3.28. The van der Waals surface area contributed by atoms with Crippen molar-refractivity contribution in [3.05, 3.63) is 29.8 Å². The minimum Gasteiger partial charge on any atom is -0.330 e. The quantitative estimate of drug-likeness (QED) is 0.830. The van der Waals surface area contributed by atoms with Crippen molar-refractivity contribution < 1.29 is 12.8 Å². The molecule has 5 heteroatoms. The van der Waals surface area contributed by atoms with E-state index in [2.05, 4.69) is 0 Å². The first kappa shape index (κ1) is 12.1. The summed E-state index contributed by atoms with van der Waals surface area (Å²) in [6, 6.07) is 4.99. The lowest BCUT2D eigenvalue weighted by molar-refractivity contribution is 0.534. The average molecular weight is 231 g/mol. The maximum absolute atomic E-state index is 12.2. The molecule has 0 saturated heterocycles. The van der Waals surface area contributed by atoms with Crippen LogP contribution < -0.4 is 5.73 Å². The summed E-state index contributed by atoms with van der Waals surface area (Å²) in [7, 11) is -3.74. The third-order valence-corrected chi connectivity index (χ3v) is 3.33. The first-order valence-electron chi connectivity index (χ1n) is 4.68. The van der Waals surface area contributed by atoms with Crippen molar-refractivity contribution >= 4 is 9.84 Å². The van der Waals surface area contributed by atoms with Crippen LogP contribution in [0.2, 0.25) is 0 Å². The Balaban J connectivity index is 2.93. The van der Waals surface area contributed by atoms with Crippen molar-refractivity contribution in [3.8, 4) is 0 Å². The predicted octanol–water partition coefficient (Wildman–Crippen LogP) is 1.28. The molecule has 84 valence electrons. The molecule has 0 saturated carbocycles. The van der Waals surface area contributed by atoms with Gasteiger partial charge in [-0.1, -0.05) is 12.1 Å². The van der Waals surface area contributed by atoms with Crippen LogP contribution in [0.5, 0.6) is 0 Å². The molecule has 2 N–H and O–H groups in total. The number of benzene rings is 1. The van der Waals surface area contributed by atoms with Crippen molar-refractivity contribution in [3.63, 3.8) is 0 Å². The van der Waals surface area contributed by atoms with Crippen LogP contribution in [0.4, 0.5) is 4.39 Å². The summed E-state index contributed by atoms with van der Waals surface area (Å²) >= 11 is 0. The standard InChI is InChI=1S/C10H14FNO2S/c11-8-15(13,14)10-5-1-3-9(7-10)4-2-6-12/h1,3,5,7H,2,4,6,8,12H2. The number of sulfone groups is 1. The third-order valence-electron chi connectivity index (χ3n) is 2.07. The molecule has 0 radical (unpaired) electrons. The van der Waals surface area contributed by atoms with Crippen molar-refractivity contribution in [1.82, 2.24) is 0 Å². The highest BCUT2D eigenvalue weighted by atomic mass is 32.2. The second-order valence-electron chi connectivity index (χ2n) is 3.26. The summed E-state index contributed by atoms with van der Waals surface area (Å²) in [6.45, 7) is 0.556. The van der Waals surface area contributed by atoms with E-state index in [1.54, 1.807) is 6.07 Å². The highest BCUT2D eigenvalue weighted by Crippen LogP contribution is 2.14. The van der Waals surface area contributed by atoms with E-state index >= 15 is 0 Å². The largest absolute Gasteiger partial charge is 0.330 e. The molecule has 0 amide bonds. The van der Waals surface area contributed by atoms with E-state index in [9.17, 15) is 12.8 Å². The molecule has 0 heterocycles. The first-order chi connectivity index (χ1) is 7.10. The Morgan fingerprint density at radius 2 is 2.07 bits per heavy atom. The Morgan fingerprint density at radius 3 is 2.67 bits per heavy atom. The molecule has 0 atom stereocenters. The van der Waals surface area contributed by atoms with Gasteiger partial charge in [-0.15, -0.1) is 0 Å². The SMILES string of the molecule is NCCCc1cccc(S(=O)(=O)CF)c1. The topological polar surface area (TPSA) is 60.2 Å². The minimum absolute atomic E-state index is 0.0412. The highest BCUT2D eigenvalue weighted by molar-refractivity contribution is 7.91. The molecule has 0 fully saturated rings. The molecule has 1 aromatic rings. The van der Waals surface area contributed by atoms with Crippen molar-refractivity contribution in [2.45, 2.75) is 17.7 Å². The summed E-state index contributed by atoms with van der Waals surface area (Å²) in [5.41, 5.74) is 6.22. The van der Waals surface area contributed by atoms with Gasteiger partial charge in [0.2, 0.25) is 9.84 Å². The van der Waals surface area contributed by atoms with Crippen molar-refractivity contribution in [2.75, 3.05) is 12.6 Å². The number of rotatable bonds is 5. The van der Waals surface area contributed by atoms with E-state index in [0.717, 1.165) is 12.0 Å². The lowest BCUT2D eigenvalue weighted by Crippen LogP contribution is -2.04. The van der Waals surface area contributed by atoms with Crippen LogP contribution in [0, 0.1) is 0 Å². The van der Waals surface area contributed by atoms with Crippen molar-refractivity contribution in [2.24, 2.45) is 5.73 Å². The molecule has 3 nitrogen and oxygen atoms in total. The smallest absolute Gasteiger partial charge is 0.207 e. The van der Waals surface area contributed by atoms with Gasteiger partial charge < -0.3 is 5.73 Å². The number of alkyl halides is 1. The van der Waals surface area contributed by atoms with Gasteiger partial charge in [-0.2, -0.15) is 0 Å². The molecule has 0 aliphatic heterocycles. The Hall–Kier alpha value is -0.940. The summed E-state index contributed by atoms with van der Waals surface area (Å²) in [5.74, 6) is 0. The van der Waals surface area contributed by atoms with E-state index in [1.165, 1.54) is 12.1 Å². The van der Waals surface area contributed by atoms with Gasteiger partial charge in [0.1, 0.15) is 0 Å². The van der Waals surface area contributed by atoms with Crippen LogP contribution in [0.25, 0.3) is 0 Å². The molecule has 15 heavy (non-hydrogen) atoms. The molecule has 0 spiro atoms. The number of halogens is 1. The van der Waals surface area contributed by atoms with E-state index in [0.29, 0.717) is 13.0 Å². The zero-order chi connectivity index (χ0) is 11.3. The van der Waals surface area contributed by atoms with Crippen LogP contribution in [0.15, 0.2) is 29.2 Å². The Labute approximate surface area is 89.0 Å². The van der Waals surface area contributed by atoms with Gasteiger partial charge in [-0.25, -0.2) is 12.8 Å². The summed E-state index contributed by atoms with van der Waals surface area (Å²) in [5, 5.41) is 0. The molecular weight excluding hydrogens is 217 g/mol. The van der Waals surface area contributed by atoms with Gasteiger partial charge in [0.05, 0.1) is 4.90 Å². The lowest BCUT2D eigenvalue weighted by Gasteiger charge is -2.03. The normalized spacial score (nSPS) is 11.6. The summed E-state index contributed by atoms with van der Waals surface area (Å²) in [4.78, 5) is 0.0412. The fourth-order valence-electron chi connectivity index (χ4n) is 1.26. The number of nitrogens with two attached hydrogens (primary N) is 1. The summed E-state index contributed by atoms with van der Waals surface area (Å²) < 4.78 is 34.7. The number of hydrogen-bond donors (Lipinski definition) is 1. The van der Waals surface area contributed by atoms with Gasteiger partial charge in [-0.3, -0.25) is 0 Å². The van der Waals surface area contributed by atoms with E-state index in [1.807, 2.05) is 6.07 Å². The van der Waals surface area contributed by atoms with E-state index in [-0.39, 0.29) is 4.90 Å². The molecule has 0 aliphatic carbocycles. The zero-order valence-corrected chi connectivity index (χ0v) is 9.13. The maximum atomic E-state index is 12.2. The monoisotopic (exact) mass is 231 g/mol. The molecular formula is C10H14FNO2S. The maximum Gasteiger partial charge on any atom is 0.207 e. The Morgan fingerprint density at radius 1 is 1.33 bits per heavy atom. The van der Waals surface area contributed by atoms with Crippen LogP contribution in [-0.4, -0.2) is 21.0 Å². The minimum atomic E-state index is -3.74. The average Bonchev–Trinajstić information content (AvgIpc) is 2.27. The highest BCUT2D eigenvalue weighted by Gasteiger charge is 2.13. The van der Waals surface area contributed by atoms with Gasteiger partial charge in [0.15, 0.2) is 6.01 Å². The van der Waals surface area contributed by atoms with Gasteiger partial charge in [0.25, 0.3) is 0 Å². The van der Waals surface area contributed by atoms with Gasteiger partial charge in [-0.05, 0) is 37.1 Å². The number of hydrogen-bond acceptors (Lipinski definition) is 3. The fraction of sp³-hybridized carbons (Fsp3) is 0.400. The molecule has 1 rings (SSSR count). The van der Waals surface area contributed by atoms with Crippen LogP contribution in [-0.2, 0) is 16.3 Å². The molecule has 0 aliphatic rings. The zero-order valence-electron chi connectivity index (χ0n) is 8.32. The van der Waals surface area contributed by atoms with Crippen LogP contribution >= 0.6 is 0 Å². The molecule has 0 aromatic heterocycles. The Kier molecular flexibility index (Phi) is 4.23. The molecule has 0 bridgehead atoms. The van der Waals surface area contributed by atoms with Gasteiger partial charge in [0, 0.05) is 0 Å². The van der Waals surface area contributed by atoms with Crippen LogP contribution in [0.3, 0.4) is 0 Å². The molecule has 0 unspecified atom stereocenters. The molecule has 1 aromatic carbocycles. The lowest BCUT2D eigenvalue weighted by atomic mass is 10.1. The van der Waals surface area contributed by atoms with Gasteiger partial charge >= 0.3 is 0 Å². The van der Waals surface area contributed by atoms with E-state index in [4.69, 9.17) is 5.73 Å². The summed E-state index contributed by atoms with van der Waals surface area (Å²) in [6.07, 6.45) is 1.51. The first-order valence-corrected chi connectivity index (χ1v) is 6.33.